The number of hydrogen-bond donors (Lipinski definition) is 3. The average molecular weight is 519 g/mol. The van der Waals surface area contributed by atoms with Crippen molar-refractivity contribution in [2.45, 2.75) is 31.8 Å². The van der Waals surface area contributed by atoms with E-state index < -0.39 is 0 Å². The van der Waals surface area contributed by atoms with E-state index >= 15 is 0 Å². The molecule has 0 aromatic heterocycles. The average Bonchev–Trinajstić information content (AvgIpc) is 2.96. The molecule has 6 heteroatoms. The van der Waals surface area contributed by atoms with Crippen molar-refractivity contribution in [2.24, 2.45) is 0 Å². The van der Waals surface area contributed by atoms with Crippen molar-refractivity contribution in [1.29, 1.82) is 0 Å². The molecule has 1 saturated heterocycles. The zero-order chi connectivity index (χ0) is 26.9. The molecular weight excluding hydrogens is 484 g/mol. The van der Waals surface area contributed by atoms with Gasteiger partial charge in [0.2, 0.25) is 0 Å². The third-order valence-corrected chi connectivity index (χ3v) is 7.04. The van der Waals surface area contributed by atoms with E-state index in [0.717, 1.165) is 44.6 Å². The number of urea groups is 1. The molecule has 1 aliphatic rings. The van der Waals surface area contributed by atoms with Gasteiger partial charge >= 0.3 is 6.03 Å². The molecule has 0 unspecified atom stereocenters. The molecule has 1 fully saturated rings. The lowest BCUT2D eigenvalue weighted by Gasteiger charge is -2.32. The van der Waals surface area contributed by atoms with Gasteiger partial charge in [0.05, 0.1) is 0 Å². The molecule has 5 rings (SSSR count). The monoisotopic (exact) mass is 518 g/mol. The maximum atomic E-state index is 12.8. The first-order valence-corrected chi connectivity index (χ1v) is 13.5. The van der Waals surface area contributed by atoms with Gasteiger partial charge in [-0.1, -0.05) is 72.8 Å². The van der Waals surface area contributed by atoms with Crippen LogP contribution in [0.3, 0.4) is 0 Å². The maximum absolute atomic E-state index is 12.8. The lowest BCUT2D eigenvalue weighted by atomic mass is 10.0. The highest BCUT2D eigenvalue weighted by Gasteiger charge is 2.21. The van der Waals surface area contributed by atoms with Gasteiger partial charge in [0.15, 0.2) is 0 Å². The number of nitrogens with zero attached hydrogens (tertiary/aromatic N) is 1. The predicted octanol–water partition coefficient (Wildman–Crippen LogP) is 6.32. The van der Waals surface area contributed by atoms with Crippen molar-refractivity contribution in [3.8, 4) is 0 Å². The summed E-state index contributed by atoms with van der Waals surface area (Å²) in [6.07, 6.45) is 2.72. The van der Waals surface area contributed by atoms with Crippen LogP contribution < -0.4 is 16.0 Å². The standard InChI is InChI=1S/C33H34N4O2/c38-32(34-31-19-21-37(22-20-31)24-27-9-5-2-6-10-27)28-13-17-30(18-14-28)36-33(39)35-29-15-11-26(12-16-29)23-25-7-3-1-4-8-25/h1-18,31H,19-24H2,(H,34,38)(H2,35,36,39). The van der Waals surface area contributed by atoms with Gasteiger partial charge in [0.25, 0.3) is 5.91 Å². The minimum absolute atomic E-state index is 0.0805. The van der Waals surface area contributed by atoms with Crippen LogP contribution in [0.2, 0.25) is 0 Å². The van der Waals surface area contributed by atoms with Crippen LogP contribution in [0.4, 0.5) is 16.2 Å². The SMILES string of the molecule is O=C(Nc1ccc(Cc2ccccc2)cc1)Nc1ccc(C(=O)NC2CCN(Cc3ccccc3)CC2)cc1. The molecule has 4 aromatic carbocycles. The van der Waals surface area contributed by atoms with Crippen LogP contribution in [0.5, 0.6) is 0 Å². The highest BCUT2D eigenvalue weighted by molar-refractivity contribution is 6.00. The summed E-state index contributed by atoms with van der Waals surface area (Å²) in [5, 5.41) is 8.86. The quantitative estimate of drug-likeness (QED) is 0.256. The van der Waals surface area contributed by atoms with Gasteiger partial charge in [-0.15, -0.1) is 0 Å². The second-order valence-corrected chi connectivity index (χ2v) is 10.0. The molecule has 198 valence electrons. The van der Waals surface area contributed by atoms with Crippen molar-refractivity contribution in [2.75, 3.05) is 23.7 Å². The Morgan fingerprint density at radius 1 is 0.641 bits per heavy atom. The van der Waals surface area contributed by atoms with Gasteiger partial charge in [0.1, 0.15) is 0 Å². The molecule has 6 nitrogen and oxygen atoms in total. The van der Waals surface area contributed by atoms with E-state index in [-0.39, 0.29) is 18.0 Å². The second kappa shape index (κ2) is 12.9. The molecule has 39 heavy (non-hydrogen) atoms. The highest BCUT2D eigenvalue weighted by Crippen LogP contribution is 2.17. The van der Waals surface area contributed by atoms with E-state index in [9.17, 15) is 9.59 Å². The van der Waals surface area contributed by atoms with E-state index in [1.165, 1.54) is 16.7 Å². The number of amides is 3. The normalized spacial score (nSPS) is 13.9. The lowest BCUT2D eigenvalue weighted by Crippen LogP contribution is -2.44. The number of nitrogens with one attached hydrogen (secondary N) is 3. The van der Waals surface area contributed by atoms with Crippen LogP contribution in [0.1, 0.15) is 39.9 Å². The number of anilines is 2. The molecule has 0 atom stereocenters. The summed E-state index contributed by atoms with van der Waals surface area (Å²) >= 11 is 0. The number of benzene rings is 4. The van der Waals surface area contributed by atoms with E-state index in [0.29, 0.717) is 11.3 Å². The summed E-state index contributed by atoms with van der Waals surface area (Å²) in [7, 11) is 0. The Hall–Kier alpha value is -4.42. The van der Waals surface area contributed by atoms with Gasteiger partial charge in [0, 0.05) is 42.6 Å². The fourth-order valence-electron chi connectivity index (χ4n) is 4.88. The Bertz CT molecular complexity index is 1350. The first-order valence-electron chi connectivity index (χ1n) is 13.5. The molecule has 0 saturated carbocycles. The summed E-state index contributed by atoms with van der Waals surface area (Å²) in [5.74, 6) is -0.0805. The maximum Gasteiger partial charge on any atom is 0.323 e. The van der Waals surface area contributed by atoms with Gasteiger partial charge in [-0.05, 0) is 72.4 Å². The summed E-state index contributed by atoms with van der Waals surface area (Å²) in [4.78, 5) is 27.7. The Balaban J connectivity index is 1.05. The van der Waals surface area contributed by atoms with Gasteiger partial charge < -0.3 is 16.0 Å². The third-order valence-electron chi connectivity index (χ3n) is 7.04. The van der Waals surface area contributed by atoms with Crippen molar-refractivity contribution in [3.05, 3.63) is 131 Å². The number of piperidine rings is 1. The van der Waals surface area contributed by atoms with E-state index in [4.69, 9.17) is 0 Å². The third kappa shape index (κ3) is 7.79. The minimum Gasteiger partial charge on any atom is -0.349 e. The Kier molecular flexibility index (Phi) is 8.66. The van der Waals surface area contributed by atoms with Gasteiger partial charge in [-0.3, -0.25) is 9.69 Å². The molecule has 0 bridgehead atoms. The topological polar surface area (TPSA) is 73.5 Å². The van der Waals surface area contributed by atoms with Crippen molar-refractivity contribution in [3.63, 3.8) is 0 Å². The largest absolute Gasteiger partial charge is 0.349 e. The fraction of sp³-hybridized carbons (Fsp3) is 0.212. The molecular formula is C33H34N4O2. The number of hydrogen-bond acceptors (Lipinski definition) is 3. The van der Waals surface area contributed by atoms with Crippen LogP contribution in [0, 0.1) is 0 Å². The van der Waals surface area contributed by atoms with Crippen molar-refractivity contribution in [1.82, 2.24) is 10.2 Å². The molecule has 0 spiro atoms. The predicted molar refractivity (Wildman–Crippen MR) is 157 cm³/mol. The van der Waals surface area contributed by atoms with E-state index in [2.05, 4.69) is 57.2 Å². The smallest absolute Gasteiger partial charge is 0.323 e. The number of likely N-dealkylation sites (tertiary alicyclic amines) is 1. The fourth-order valence-corrected chi connectivity index (χ4v) is 4.88. The zero-order valence-electron chi connectivity index (χ0n) is 22.0. The Labute approximate surface area is 230 Å². The Morgan fingerprint density at radius 3 is 1.74 bits per heavy atom. The second-order valence-electron chi connectivity index (χ2n) is 10.0. The number of carbonyl (C=O) groups is 2. The van der Waals surface area contributed by atoms with Crippen molar-refractivity contribution >= 4 is 23.3 Å². The number of carbonyl (C=O) groups excluding carboxylic acids is 2. The van der Waals surface area contributed by atoms with Gasteiger partial charge in [-0.25, -0.2) is 4.79 Å². The Morgan fingerprint density at radius 2 is 1.15 bits per heavy atom. The highest BCUT2D eigenvalue weighted by atomic mass is 16.2. The molecule has 1 aliphatic heterocycles. The molecule has 3 amide bonds. The summed E-state index contributed by atoms with van der Waals surface area (Å²) in [6.45, 7) is 2.88. The summed E-state index contributed by atoms with van der Waals surface area (Å²) in [5.41, 5.74) is 5.67. The van der Waals surface area contributed by atoms with E-state index in [1.54, 1.807) is 24.3 Å². The minimum atomic E-state index is -0.328. The first kappa shape index (κ1) is 26.2. The van der Waals surface area contributed by atoms with Crippen LogP contribution >= 0.6 is 0 Å². The van der Waals surface area contributed by atoms with Crippen LogP contribution in [0.25, 0.3) is 0 Å². The molecule has 0 radical (unpaired) electrons. The van der Waals surface area contributed by atoms with Gasteiger partial charge in [-0.2, -0.15) is 0 Å². The van der Waals surface area contributed by atoms with Crippen LogP contribution in [-0.2, 0) is 13.0 Å². The number of rotatable bonds is 8. The molecule has 1 heterocycles. The molecule has 0 aliphatic carbocycles. The van der Waals surface area contributed by atoms with E-state index in [1.807, 2.05) is 48.5 Å². The molecule has 3 N–H and O–H groups in total. The van der Waals surface area contributed by atoms with Crippen LogP contribution in [-0.4, -0.2) is 36.0 Å². The molecule has 4 aromatic rings. The first-order chi connectivity index (χ1) is 19.1. The van der Waals surface area contributed by atoms with Crippen LogP contribution in [0.15, 0.2) is 109 Å². The summed E-state index contributed by atoms with van der Waals surface area (Å²) in [6, 6.07) is 35.4. The zero-order valence-corrected chi connectivity index (χ0v) is 22.0. The van der Waals surface area contributed by atoms with Crippen molar-refractivity contribution < 1.29 is 9.59 Å². The lowest BCUT2D eigenvalue weighted by molar-refractivity contribution is 0.0909. The summed E-state index contributed by atoms with van der Waals surface area (Å²) < 4.78 is 0.